The number of nitrogens with one attached hydrogen (secondary N) is 1. The molecule has 0 heterocycles. The molecule has 1 unspecified atom stereocenters. The SMILES string of the molecule is CC(NC(=O)[C@@H](C)N)c1ccc(Cl)cc1. The summed E-state index contributed by atoms with van der Waals surface area (Å²) in [6.07, 6.45) is 0. The van der Waals surface area contributed by atoms with Crippen molar-refractivity contribution in [2.45, 2.75) is 25.9 Å². The third-order valence-electron chi connectivity index (χ3n) is 2.14. The van der Waals surface area contributed by atoms with Crippen molar-refractivity contribution in [2.75, 3.05) is 0 Å². The Balaban J connectivity index is 2.65. The van der Waals surface area contributed by atoms with E-state index in [2.05, 4.69) is 5.32 Å². The van der Waals surface area contributed by atoms with E-state index in [0.29, 0.717) is 5.02 Å². The van der Waals surface area contributed by atoms with Gasteiger partial charge in [-0.25, -0.2) is 0 Å². The third-order valence-corrected chi connectivity index (χ3v) is 2.39. The van der Waals surface area contributed by atoms with Crippen LogP contribution >= 0.6 is 11.6 Å². The van der Waals surface area contributed by atoms with Gasteiger partial charge >= 0.3 is 0 Å². The van der Waals surface area contributed by atoms with Gasteiger partial charge in [-0.2, -0.15) is 0 Å². The molecule has 1 aromatic rings. The maximum atomic E-state index is 11.3. The second kappa shape index (κ2) is 5.14. The van der Waals surface area contributed by atoms with Crippen LogP contribution in [0.2, 0.25) is 5.02 Å². The Labute approximate surface area is 94.6 Å². The van der Waals surface area contributed by atoms with Crippen LogP contribution in [0.1, 0.15) is 25.5 Å². The number of carbonyl (C=O) groups excluding carboxylic acids is 1. The summed E-state index contributed by atoms with van der Waals surface area (Å²) in [4.78, 5) is 11.3. The second-order valence-electron chi connectivity index (χ2n) is 3.57. The maximum absolute atomic E-state index is 11.3. The highest BCUT2D eigenvalue weighted by molar-refractivity contribution is 6.30. The van der Waals surface area contributed by atoms with Crippen LogP contribution in [0.15, 0.2) is 24.3 Å². The molecule has 1 rings (SSSR count). The van der Waals surface area contributed by atoms with E-state index < -0.39 is 6.04 Å². The maximum Gasteiger partial charge on any atom is 0.237 e. The van der Waals surface area contributed by atoms with Gasteiger partial charge in [0.2, 0.25) is 5.91 Å². The molecule has 15 heavy (non-hydrogen) atoms. The van der Waals surface area contributed by atoms with Gasteiger partial charge in [-0.15, -0.1) is 0 Å². The molecule has 1 aromatic carbocycles. The number of halogens is 1. The van der Waals surface area contributed by atoms with Crippen LogP contribution in [0, 0.1) is 0 Å². The van der Waals surface area contributed by atoms with Crippen molar-refractivity contribution in [3.05, 3.63) is 34.9 Å². The smallest absolute Gasteiger partial charge is 0.237 e. The molecule has 0 fully saturated rings. The van der Waals surface area contributed by atoms with Gasteiger partial charge < -0.3 is 11.1 Å². The molecule has 82 valence electrons. The predicted molar refractivity (Wildman–Crippen MR) is 61.7 cm³/mol. The standard InChI is InChI=1S/C11H15ClN2O/c1-7(13)11(15)14-8(2)9-3-5-10(12)6-4-9/h3-8H,13H2,1-2H3,(H,14,15)/t7-,8?/m1/s1. The molecule has 1 amide bonds. The first-order valence-electron chi connectivity index (χ1n) is 4.82. The van der Waals surface area contributed by atoms with Crippen molar-refractivity contribution in [1.29, 1.82) is 0 Å². The number of rotatable bonds is 3. The summed E-state index contributed by atoms with van der Waals surface area (Å²) in [5, 5.41) is 3.49. The number of nitrogens with two attached hydrogens (primary N) is 1. The average Bonchev–Trinajstić information content (AvgIpc) is 2.18. The zero-order chi connectivity index (χ0) is 11.4. The van der Waals surface area contributed by atoms with Crippen LogP contribution in [0.25, 0.3) is 0 Å². The highest BCUT2D eigenvalue weighted by Gasteiger charge is 2.12. The molecule has 4 heteroatoms. The molecule has 3 N–H and O–H groups in total. The van der Waals surface area contributed by atoms with Crippen LogP contribution in [-0.2, 0) is 4.79 Å². The van der Waals surface area contributed by atoms with E-state index in [0.717, 1.165) is 5.56 Å². The quantitative estimate of drug-likeness (QED) is 0.827. The van der Waals surface area contributed by atoms with Crippen molar-refractivity contribution in [1.82, 2.24) is 5.32 Å². The number of amides is 1. The van der Waals surface area contributed by atoms with Gasteiger partial charge in [0, 0.05) is 5.02 Å². The van der Waals surface area contributed by atoms with Crippen LogP contribution in [0.3, 0.4) is 0 Å². The second-order valence-corrected chi connectivity index (χ2v) is 4.01. The normalized spacial score (nSPS) is 14.4. The van der Waals surface area contributed by atoms with Crippen molar-refractivity contribution in [3.63, 3.8) is 0 Å². The van der Waals surface area contributed by atoms with Gasteiger partial charge in [0.25, 0.3) is 0 Å². The van der Waals surface area contributed by atoms with Gasteiger partial charge in [-0.1, -0.05) is 23.7 Å². The Morgan fingerprint density at radius 1 is 1.33 bits per heavy atom. The Bertz CT molecular complexity index is 335. The minimum Gasteiger partial charge on any atom is -0.348 e. The van der Waals surface area contributed by atoms with E-state index in [1.807, 2.05) is 19.1 Å². The summed E-state index contributed by atoms with van der Waals surface area (Å²) in [6, 6.07) is 6.82. The molecule has 0 radical (unpaired) electrons. The Morgan fingerprint density at radius 2 is 1.87 bits per heavy atom. The highest BCUT2D eigenvalue weighted by Crippen LogP contribution is 2.15. The molecule has 0 spiro atoms. The monoisotopic (exact) mass is 226 g/mol. The molecular formula is C11H15ClN2O. The van der Waals surface area contributed by atoms with E-state index in [9.17, 15) is 4.79 Å². The first-order chi connectivity index (χ1) is 7.00. The van der Waals surface area contributed by atoms with Crippen LogP contribution in [0.4, 0.5) is 0 Å². The summed E-state index contributed by atoms with van der Waals surface area (Å²) in [5.41, 5.74) is 6.46. The van der Waals surface area contributed by atoms with Crippen LogP contribution in [0.5, 0.6) is 0 Å². The number of carbonyl (C=O) groups is 1. The summed E-state index contributed by atoms with van der Waals surface area (Å²) < 4.78 is 0. The highest BCUT2D eigenvalue weighted by atomic mass is 35.5. The van der Waals surface area contributed by atoms with Gasteiger partial charge in [0.15, 0.2) is 0 Å². The van der Waals surface area contributed by atoms with Crippen molar-refractivity contribution >= 4 is 17.5 Å². The fourth-order valence-corrected chi connectivity index (χ4v) is 1.31. The van der Waals surface area contributed by atoms with E-state index in [1.165, 1.54) is 0 Å². The molecule has 0 aliphatic carbocycles. The molecule has 0 aromatic heterocycles. The lowest BCUT2D eigenvalue weighted by Crippen LogP contribution is -2.39. The fraction of sp³-hybridized carbons (Fsp3) is 0.364. The fourth-order valence-electron chi connectivity index (χ4n) is 1.18. The largest absolute Gasteiger partial charge is 0.348 e. The third kappa shape index (κ3) is 3.53. The minimum absolute atomic E-state index is 0.0548. The summed E-state index contributed by atoms with van der Waals surface area (Å²) >= 11 is 5.77. The number of hydrogen-bond donors (Lipinski definition) is 2. The van der Waals surface area contributed by atoms with Crippen LogP contribution in [-0.4, -0.2) is 11.9 Å². The lowest BCUT2D eigenvalue weighted by molar-refractivity contribution is -0.122. The van der Waals surface area contributed by atoms with E-state index >= 15 is 0 Å². The van der Waals surface area contributed by atoms with Gasteiger partial charge in [-0.05, 0) is 31.5 Å². The minimum atomic E-state index is -0.486. The van der Waals surface area contributed by atoms with Crippen LogP contribution < -0.4 is 11.1 Å². The molecule has 0 saturated heterocycles. The Hall–Kier alpha value is -1.06. The number of hydrogen-bond acceptors (Lipinski definition) is 2. The molecule has 0 bridgehead atoms. The Morgan fingerprint density at radius 3 is 2.33 bits per heavy atom. The molecular weight excluding hydrogens is 212 g/mol. The average molecular weight is 227 g/mol. The van der Waals surface area contributed by atoms with Gasteiger partial charge in [-0.3, -0.25) is 4.79 Å². The first-order valence-corrected chi connectivity index (χ1v) is 5.20. The lowest BCUT2D eigenvalue weighted by atomic mass is 10.1. The van der Waals surface area contributed by atoms with E-state index in [-0.39, 0.29) is 11.9 Å². The van der Waals surface area contributed by atoms with E-state index in [4.69, 9.17) is 17.3 Å². The summed E-state index contributed by atoms with van der Waals surface area (Å²) in [5.74, 6) is -0.155. The summed E-state index contributed by atoms with van der Waals surface area (Å²) in [7, 11) is 0. The first kappa shape index (κ1) is 12.0. The lowest BCUT2D eigenvalue weighted by Gasteiger charge is -2.15. The number of benzene rings is 1. The molecule has 2 atom stereocenters. The van der Waals surface area contributed by atoms with Gasteiger partial charge in [0.1, 0.15) is 0 Å². The molecule has 0 aliphatic rings. The predicted octanol–water partition coefficient (Wildman–Crippen LogP) is 1.86. The zero-order valence-corrected chi connectivity index (χ0v) is 9.58. The van der Waals surface area contributed by atoms with Crippen molar-refractivity contribution < 1.29 is 4.79 Å². The zero-order valence-electron chi connectivity index (χ0n) is 8.83. The molecule has 0 aliphatic heterocycles. The van der Waals surface area contributed by atoms with Crippen molar-refractivity contribution in [2.24, 2.45) is 5.73 Å². The molecule has 0 saturated carbocycles. The molecule has 3 nitrogen and oxygen atoms in total. The van der Waals surface area contributed by atoms with Gasteiger partial charge in [0.05, 0.1) is 12.1 Å². The van der Waals surface area contributed by atoms with E-state index in [1.54, 1.807) is 19.1 Å². The topological polar surface area (TPSA) is 55.1 Å². The summed E-state index contributed by atoms with van der Waals surface area (Å²) in [6.45, 7) is 3.56. The van der Waals surface area contributed by atoms with Crippen molar-refractivity contribution in [3.8, 4) is 0 Å². The Kier molecular flexibility index (Phi) is 4.12.